The lowest BCUT2D eigenvalue weighted by molar-refractivity contribution is -0.119. The number of carbonyl (C=O) groups is 1. The van der Waals surface area contributed by atoms with Gasteiger partial charge in [0.05, 0.1) is 38.2 Å². The van der Waals surface area contributed by atoms with Gasteiger partial charge in [-0.1, -0.05) is 6.07 Å². The lowest BCUT2D eigenvalue weighted by atomic mass is 10.1. The third kappa shape index (κ3) is 4.42. The van der Waals surface area contributed by atoms with E-state index in [1.807, 2.05) is 10.7 Å². The standard InChI is InChI=1S/C19H26N4O3/c1-14(24)20-10-17-9-18-12-22(6-7-23(18)21-17)11-15-4-5-19(26-3)16(8-15)13-25-2/h4-5,8-9H,6-7,10-13H2,1-3H3,(H,20,24). The highest BCUT2D eigenvalue weighted by Crippen LogP contribution is 2.23. The van der Waals surface area contributed by atoms with Crippen molar-refractivity contribution in [3.8, 4) is 5.75 Å². The third-order valence-electron chi connectivity index (χ3n) is 4.50. The number of ether oxygens (including phenoxy) is 2. The normalized spacial score (nSPS) is 14.1. The summed E-state index contributed by atoms with van der Waals surface area (Å²) in [5.41, 5.74) is 4.39. The van der Waals surface area contributed by atoms with Gasteiger partial charge in [-0.25, -0.2) is 0 Å². The monoisotopic (exact) mass is 358 g/mol. The van der Waals surface area contributed by atoms with Crippen molar-refractivity contribution in [3.63, 3.8) is 0 Å². The molecule has 1 amide bonds. The highest BCUT2D eigenvalue weighted by atomic mass is 16.5. The quantitative estimate of drug-likeness (QED) is 0.816. The number of fused-ring (bicyclic) bond motifs is 1. The summed E-state index contributed by atoms with van der Waals surface area (Å²) in [6.45, 7) is 6.05. The van der Waals surface area contributed by atoms with Crippen LogP contribution < -0.4 is 10.1 Å². The first-order valence-corrected chi connectivity index (χ1v) is 8.76. The molecule has 0 aliphatic carbocycles. The van der Waals surface area contributed by atoms with Crippen LogP contribution in [0, 0.1) is 0 Å². The number of nitrogens with zero attached hydrogens (tertiary/aromatic N) is 3. The second-order valence-electron chi connectivity index (χ2n) is 6.55. The fourth-order valence-electron chi connectivity index (χ4n) is 3.27. The van der Waals surface area contributed by atoms with Gasteiger partial charge in [0, 0.05) is 39.2 Å². The molecule has 0 saturated heterocycles. The Morgan fingerprint density at radius 3 is 2.85 bits per heavy atom. The number of hydrogen-bond acceptors (Lipinski definition) is 5. The van der Waals surface area contributed by atoms with Crippen molar-refractivity contribution >= 4 is 5.91 Å². The van der Waals surface area contributed by atoms with E-state index in [4.69, 9.17) is 9.47 Å². The van der Waals surface area contributed by atoms with Crippen LogP contribution in [0.4, 0.5) is 0 Å². The first-order valence-electron chi connectivity index (χ1n) is 8.76. The summed E-state index contributed by atoms with van der Waals surface area (Å²) >= 11 is 0. The van der Waals surface area contributed by atoms with Crippen LogP contribution in [0.5, 0.6) is 5.75 Å². The van der Waals surface area contributed by atoms with Crippen LogP contribution in [-0.2, 0) is 42.3 Å². The Kier molecular flexibility index (Phi) is 5.90. The Labute approximate surface area is 153 Å². The van der Waals surface area contributed by atoms with E-state index < -0.39 is 0 Å². The SMILES string of the molecule is COCc1cc(CN2CCn3nc(CNC(C)=O)cc3C2)ccc1OC. The minimum atomic E-state index is -0.0380. The molecular formula is C19H26N4O3. The predicted molar refractivity (Wildman–Crippen MR) is 97.6 cm³/mol. The van der Waals surface area contributed by atoms with Crippen molar-refractivity contribution in [1.82, 2.24) is 20.0 Å². The van der Waals surface area contributed by atoms with Gasteiger partial charge in [-0.05, 0) is 23.8 Å². The molecule has 0 atom stereocenters. The van der Waals surface area contributed by atoms with Crippen molar-refractivity contribution in [2.45, 2.75) is 39.7 Å². The fourth-order valence-corrected chi connectivity index (χ4v) is 3.27. The molecule has 3 rings (SSSR count). The number of hydrogen-bond donors (Lipinski definition) is 1. The fraction of sp³-hybridized carbons (Fsp3) is 0.474. The predicted octanol–water partition coefficient (Wildman–Crippen LogP) is 1.69. The summed E-state index contributed by atoms with van der Waals surface area (Å²) in [5.74, 6) is 0.818. The first-order chi connectivity index (χ1) is 12.6. The molecule has 1 aromatic carbocycles. The van der Waals surface area contributed by atoms with Crippen LogP contribution in [0.2, 0.25) is 0 Å². The molecule has 0 radical (unpaired) electrons. The van der Waals surface area contributed by atoms with Crippen molar-refractivity contribution < 1.29 is 14.3 Å². The Bertz CT molecular complexity index is 772. The summed E-state index contributed by atoms with van der Waals surface area (Å²) in [7, 11) is 3.37. The molecule has 0 saturated carbocycles. The molecule has 0 unspecified atom stereocenters. The molecule has 0 fully saturated rings. The molecule has 7 nitrogen and oxygen atoms in total. The van der Waals surface area contributed by atoms with Gasteiger partial charge < -0.3 is 14.8 Å². The van der Waals surface area contributed by atoms with Gasteiger partial charge in [-0.3, -0.25) is 14.4 Å². The lowest BCUT2D eigenvalue weighted by Gasteiger charge is -2.27. The molecule has 0 spiro atoms. The minimum absolute atomic E-state index is 0.0380. The highest BCUT2D eigenvalue weighted by molar-refractivity contribution is 5.72. The molecule has 1 aliphatic rings. The van der Waals surface area contributed by atoms with Gasteiger partial charge >= 0.3 is 0 Å². The van der Waals surface area contributed by atoms with E-state index in [0.29, 0.717) is 13.2 Å². The molecule has 2 aromatic rings. The van der Waals surface area contributed by atoms with E-state index in [9.17, 15) is 4.79 Å². The lowest BCUT2D eigenvalue weighted by Crippen LogP contribution is -2.33. The zero-order chi connectivity index (χ0) is 18.5. The largest absolute Gasteiger partial charge is 0.496 e. The van der Waals surface area contributed by atoms with Gasteiger partial charge in [0.1, 0.15) is 5.75 Å². The smallest absolute Gasteiger partial charge is 0.217 e. The maximum Gasteiger partial charge on any atom is 0.217 e. The van der Waals surface area contributed by atoms with Gasteiger partial charge in [-0.2, -0.15) is 5.10 Å². The molecule has 1 N–H and O–H groups in total. The minimum Gasteiger partial charge on any atom is -0.496 e. The topological polar surface area (TPSA) is 68.6 Å². The summed E-state index contributed by atoms with van der Waals surface area (Å²) in [6, 6.07) is 8.33. The number of benzene rings is 1. The zero-order valence-corrected chi connectivity index (χ0v) is 15.6. The molecule has 2 heterocycles. The average molecular weight is 358 g/mol. The van der Waals surface area contributed by atoms with E-state index in [-0.39, 0.29) is 5.91 Å². The van der Waals surface area contributed by atoms with Crippen LogP contribution in [0.1, 0.15) is 29.4 Å². The maximum absolute atomic E-state index is 11.1. The van der Waals surface area contributed by atoms with Crippen LogP contribution >= 0.6 is 0 Å². The molecule has 1 aliphatic heterocycles. The summed E-state index contributed by atoms with van der Waals surface area (Å²) in [5, 5.41) is 7.37. The number of amides is 1. The van der Waals surface area contributed by atoms with Crippen LogP contribution in [-0.4, -0.2) is 41.4 Å². The summed E-state index contributed by atoms with van der Waals surface area (Å²) < 4.78 is 12.7. The number of aromatic nitrogens is 2. The van der Waals surface area contributed by atoms with Gasteiger partial charge in [-0.15, -0.1) is 0 Å². The Morgan fingerprint density at radius 2 is 2.12 bits per heavy atom. The van der Waals surface area contributed by atoms with Crippen molar-refractivity contribution in [2.75, 3.05) is 20.8 Å². The van der Waals surface area contributed by atoms with Gasteiger partial charge in [0.15, 0.2) is 0 Å². The first kappa shape index (κ1) is 18.4. The van der Waals surface area contributed by atoms with Gasteiger partial charge in [0.25, 0.3) is 0 Å². The second kappa shape index (κ2) is 8.33. The molecule has 0 bridgehead atoms. The number of carbonyl (C=O) groups excluding carboxylic acids is 1. The van der Waals surface area contributed by atoms with E-state index in [2.05, 4.69) is 33.5 Å². The van der Waals surface area contributed by atoms with Crippen LogP contribution in [0.25, 0.3) is 0 Å². The van der Waals surface area contributed by atoms with E-state index >= 15 is 0 Å². The molecule has 1 aromatic heterocycles. The van der Waals surface area contributed by atoms with Crippen molar-refractivity contribution in [2.24, 2.45) is 0 Å². The summed E-state index contributed by atoms with van der Waals surface area (Å²) in [4.78, 5) is 13.5. The third-order valence-corrected chi connectivity index (χ3v) is 4.50. The van der Waals surface area contributed by atoms with Crippen LogP contribution in [0.15, 0.2) is 24.3 Å². The van der Waals surface area contributed by atoms with E-state index in [1.54, 1.807) is 14.2 Å². The van der Waals surface area contributed by atoms with E-state index in [0.717, 1.165) is 43.2 Å². The number of nitrogens with one attached hydrogen (secondary N) is 1. The van der Waals surface area contributed by atoms with Crippen molar-refractivity contribution in [3.05, 3.63) is 46.8 Å². The number of rotatable bonds is 7. The molecule has 140 valence electrons. The average Bonchev–Trinajstić information content (AvgIpc) is 3.03. The summed E-state index contributed by atoms with van der Waals surface area (Å²) in [6.07, 6.45) is 0. The van der Waals surface area contributed by atoms with Gasteiger partial charge in [0.2, 0.25) is 5.91 Å². The van der Waals surface area contributed by atoms with Crippen LogP contribution in [0.3, 0.4) is 0 Å². The number of methoxy groups -OCH3 is 2. The Morgan fingerprint density at radius 1 is 1.27 bits per heavy atom. The van der Waals surface area contributed by atoms with E-state index in [1.165, 1.54) is 18.2 Å². The molecule has 26 heavy (non-hydrogen) atoms. The van der Waals surface area contributed by atoms with Crippen molar-refractivity contribution in [1.29, 1.82) is 0 Å². The second-order valence-corrected chi connectivity index (χ2v) is 6.55. The maximum atomic E-state index is 11.1. The highest BCUT2D eigenvalue weighted by Gasteiger charge is 2.19. The zero-order valence-electron chi connectivity index (χ0n) is 15.6. The Balaban J connectivity index is 1.65. The Hall–Kier alpha value is -2.38. The molecular weight excluding hydrogens is 332 g/mol. The molecule has 7 heteroatoms.